The highest BCUT2D eigenvalue weighted by Crippen LogP contribution is 2.27. The van der Waals surface area contributed by atoms with Crippen molar-refractivity contribution in [1.29, 1.82) is 0 Å². The molecule has 0 atom stereocenters. The van der Waals surface area contributed by atoms with Crippen LogP contribution in [0.15, 0.2) is 35.7 Å². The number of hydrogen-bond donors (Lipinski definition) is 1. The number of ketones is 1. The number of thiophene rings is 1. The van der Waals surface area contributed by atoms with E-state index in [2.05, 4.69) is 5.32 Å². The third kappa shape index (κ3) is 4.82. The van der Waals surface area contributed by atoms with Crippen molar-refractivity contribution in [2.75, 3.05) is 11.9 Å². The average molecular weight is 343 g/mol. The van der Waals surface area contributed by atoms with Gasteiger partial charge in [0, 0.05) is 10.9 Å². The normalized spacial score (nSPS) is 11.1. The first-order valence-corrected chi connectivity index (χ1v) is 7.33. The number of amides is 1. The van der Waals surface area contributed by atoms with Crippen LogP contribution in [-0.2, 0) is 0 Å². The van der Waals surface area contributed by atoms with Gasteiger partial charge in [-0.2, -0.15) is 13.2 Å². The number of nitrogens with one attached hydrogen (secondary N) is 1. The number of para-hydroxylation sites is 2. The number of Topliss-reactive ketones (excluding diaryl/α,β-unsaturated/α-hetero) is 1. The van der Waals surface area contributed by atoms with Gasteiger partial charge in [-0.25, -0.2) is 0 Å². The molecular weight excluding hydrogens is 331 g/mol. The zero-order chi connectivity index (χ0) is 17.0. The molecule has 0 radical (unpaired) electrons. The van der Waals surface area contributed by atoms with E-state index in [4.69, 9.17) is 4.74 Å². The molecule has 0 aliphatic rings. The van der Waals surface area contributed by atoms with Gasteiger partial charge in [0.2, 0.25) is 0 Å². The second-order valence-corrected chi connectivity index (χ2v) is 5.52. The number of rotatable bonds is 5. The summed E-state index contributed by atoms with van der Waals surface area (Å²) >= 11 is 1.08. The maximum Gasteiger partial charge on any atom is 0.422 e. The summed E-state index contributed by atoms with van der Waals surface area (Å²) in [5.41, 5.74) is 0.529. The van der Waals surface area contributed by atoms with E-state index in [1.54, 1.807) is 11.4 Å². The minimum absolute atomic E-state index is 0.0819. The summed E-state index contributed by atoms with van der Waals surface area (Å²) in [6, 6.07) is 7.26. The first-order chi connectivity index (χ1) is 10.8. The third-order valence-corrected chi connectivity index (χ3v) is 3.69. The largest absolute Gasteiger partial charge is 0.482 e. The van der Waals surface area contributed by atoms with Gasteiger partial charge in [0.15, 0.2) is 12.4 Å². The molecule has 0 fully saturated rings. The van der Waals surface area contributed by atoms with Crippen molar-refractivity contribution in [2.24, 2.45) is 0 Å². The molecule has 2 rings (SSSR count). The monoisotopic (exact) mass is 343 g/mol. The number of hydrogen-bond acceptors (Lipinski definition) is 4. The van der Waals surface area contributed by atoms with Crippen LogP contribution in [-0.4, -0.2) is 24.5 Å². The molecule has 122 valence electrons. The lowest BCUT2D eigenvalue weighted by molar-refractivity contribution is -0.153. The Morgan fingerprint density at radius 2 is 1.96 bits per heavy atom. The van der Waals surface area contributed by atoms with Crippen molar-refractivity contribution in [3.8, 4) is 5.75 Å². The second-order valence-electron chi connectivity index (χ2n) is 4.61. The molecule has 0 unspecified atom stereocenters. The summed E-state index contributed by atoms with van der Waals surface area (Å²) in [6.07, 6.45) is -4.47. The van der Waals surface area contributed by atoms with Crippen LogP contribution >= 0.6 is 11.3 Å². The van der Waals surface area contributed by atoms with Crippen molar-refractivity contribution in [1.82, 2.24) is 0 Å². The van der Waals surface area contributed by atoms with Crippen molar-refractivity contribution < 1.29 is 27.5 Å². The van der Waals surface area contributed by atoms with Crippen LogP contribution in [0.2, 0.25) is 0 Å². The lowest BCUT2D eigenvalue weighted by atomic mass is 10.2. The first-order valence-electron chi connectivity index (χ1n) is 6.45. The highest BCUT2D eigenvalue weighted by atomic mass is 32.1. The van der Waals surface area contributed by atoms with Gasteiger partial charge in [-0.15, -0.1) is 11.3 Å². The summed E-state index contributed by atoms with van der Waals surface area (Å²) in [7, 11) is 0. The molecule has 4 nitrogen and oxygen atoms in total. The zero-order valence-corrected chi connectivity index (χ0v) is 12.8. The Labute approximate surface area is 133 Å². The molecule has 1 amide bonds. The van der Waals surface area contributed by atoms with E-state index in [9.17, 15) is 22.8 Å². The molecule has 23 heavy (non-hydrogen) atoms. The standard InChI is InChI=1S/C15H12F3NO3S/c1-9(20)10-6-13(23-7-10)14(21)19-11-4-2-3-5-12(11)22-8-15(16,17)18/h2-7H,8H2,1H3,(H,19,21). The highest BCUT2D eigenvalue weighted by molar-refractivity contribution is 7.12. The first kappa shape index (κ1) is 17.0. The summed E-state index contributed by atoms with van der Waals surface area (Å²) in [4.78, 5) is 23.6. The van der Waals surface area contributed by atoms with Gasteiger partial charge in [0.1, 0.15) is 5.75 Å². The fourth-order valence-corrected chi connectivity index (χ4v) is 2.52. The molecule has 8 heteroatoms. The molecule has 1 aromatic carbocycles. The summed E-state index contributed by atoms with van der Waals surface area (Å²) in [5.74, 6) is -0.777. The lowest BCUT2D eigenvalue weighted by Gasteiger charge is -2.13. The number of benzene rings is 1. The molecule has 2 aromatic rings. The van der Waals surface area contributed by atoms with E-state index in [1.807, 2.05) is 0 Å². The van der Waals surface area contributed by atoms with E-state index in [1.165, 1.54) is 31.2 Å². The quantitative estimate of drug-likeness (QED) is 0.830. The van der Waals surface area contributed by atoms with Gasteiger partial charge in [0.25, 0.3) is 5.91 Å². The maximum absolute atomic E-state index is 12.2. The van der Waals surface area contributed by atoms with Gasteiger partial charge < -0.3 is 10.1 Å². The van der Waals surface area contributed by atoms with Gasteiger partial charge in [-0.1, -0.05) is 12.1 Å². The number of carbonyl (C=O) groups excluding carboxylic acids is 2. The molecule has 0 aliphatic carbocycles. The number of alkyl halides is 3. The summed E-state index contributed by atoms with van der Waals surface area (Å²) < 4.78 is 41.4. The Bertz CT molecular complexity index is 725. The molecular formula is C15H12F3NO3S. The molecule has 0 saturated heterocycles. The highest BCUT2D eigenvalue weighted by Gasteiger charge is 2.29. The van der Waals surface area contributed by atoms with Crippen LogP contribution < -0.4 is 10.1 Å². The number of anilines is 1. The second kappa shape index (κ2) is 6.82. The van der Waals surface area contributed by atoms with Crippen molar-refractivity contribution >= 4 is 28.7 Å². The molecule has 0 aliphatic heterocycles. The van der Waals surface area contributed by atoms with Crippen LogP contribution in [0.1, 0.15) is 27.0 Å². The van der Waals surface area contributed by atoms with Crippen LogP contribution in [0.4, 0.5) is 18.9 Å². The Morgan fingerprint density at radius 3 is 2.57 bits per heavy atom. The molecule has 1 aromatic heterocycles. The van der Waals surface area contributed by atoms with Crippen molar-refractivity contribution in [2.45, 2.75) is 13.1 Å². The predicted molar refractivity (Wildman–Crippen MR) is 80.3 cm³/mol. The van der Waals surface area contributed by atoms with E-state index in [-0.39, 0.29) is 22.1 Å². The van der Waals surface area contributed by atoms with Crippen LogP contribution in [0, 0.1) is 0 Å². The van der Waals surface area contributed by atoms with Gasteiger partial charge in [0.05, 0.1) is 10.6 Å². The minimum atomic E-state index is -4.47. The molecule has 1 heterocycles. The fourth-order valence-electron chi connectivity index (χ4n) is 1.68. The number of carbonyl (C=O) groups is 2. The van der Waals surface area contributed by atoms with Crippen LogP contribution in [0.3, 0.4) is 0 Å². The van der Waals surface area contributed by atoms with Crippen LogP contribution in [0.25, 0.3) is 0 Å². The molecule has 0 saturated carbocycles. The number of halogens is 3. The van der Waals surface area contributed by atoms with Gasteiger partial charge >= 0.3 is 6.18 Å². The Hall–Kier alpha value is -2.35. The van der Waals surface area contributed by atoms with Crippen molar-refractivity contribution in [3.05, 3.63) is 46.2 Å². The molecule has 0 spiro atoms. The molecule has 1 N–H and O–H groups in total. The van der Waals surface area contributed by atoms with E-state index in [0.717, 1.165) is 11.3 Å². The SMILES string of the molecule is CC(=O)c1csc(C(=O)Nc2ccccc2OCC(F)(F)F)c1. The zero-order valence-electron chi connectivity index (χ0n) is 11.9. The van der Waals surface area contributed by atoms with Crippen LogP contribution in [0.5, 0.6) is 5.75 Å². The Kier molecular flexibility index (Phi) is 5.05. The summed E-state index contributed by atoms with van der Waals surface area (Å²) in [5, 5.41) is 4.03. The maximum atomic E-state index is 12.2. The Morgan fingerprint density at radius 1 is 1.26 bits per heavy atom. The van der Waals surface area contributed by atoms with Gasteiger partial charge in [-0.3, -0.25) is 9.59 Å². The minimum Gasteiger partial charge on any atom is -0.482 e. The smallest absolute Gasteiger partial charge is 0.422 e. The predicted octanol–water partition coefficient (Wildman–Crippen LogP) is 4.14. The van der Waals surface area contributed by atoms with E-state index in [0.29, 0.717) is 5.56 Å². The molecule has 0 bridgehead atoms. The topological polar surface area (TPSA) is 55.4 Å². The fraction of sp³-hybridized carbons (Fsp3) is 0.200. The van der Waals surface area contributed by atoms with Gasteiger partial charge in [-0.05, 0) is 25.1 Å². The van der Waals surface area contributed by atoms with E-state index < -0.39 is 18.7 Å². The third-order valence-electron chi connectivity index (χ3n) is 2.76. The lowest BCUT2D eigenvalue weighted by Crippen LogP contribution is -2.20. The Balaban J connectivity index is 2.12. The average Bonchev–Trinajstić information content (AvgIpc) is 2.95. The van der Waals surface area contributed by atoms with E-state index >= 15 is 0 Å². The number of ether oxygens (including phenoxy) is 1. The van der Waals surface area contributed by atoms with Crippen molar-refractivity contribution in [3.63, 3.8) is 0 Å². The summed E-state index contributed by atoms with van der Waals surface area (Å²) in [6.45, 7) is -0.0720.